The maximum Gasteiger partial charge on any atom is 0.338 e. The number of carbonyl (C=O) groups is 2. The zero-order valence-corrected chi connectivity index (χ0v) is 20.6. The van der Waals surface area contributed by atoms with Crippen LogP contribution in [0.2, 0.25) is 0 Å². The van der Waals surface area contributed by atoms with Gasteiger partial charge in [0.2, 0.25) is 5.91 Å². The number of nitrogens with one attached hydrogen (secondary N) is 2. The standard InChI is InChI=1S/C25H37N3O3S/c1-5-8-9-10-11-12-13-21(29)26-20-16-14-19(15-17-20)23-22(24(30)31-7-3)18(4)28(6-2)25(32)27-23/h14-17,23H,5-13H2,1-4H3,(H,26,29)(H,27,32). The number of hydrogen-bond acceptors (Lipinski definition) is 4. The second-order valence-corrected chi connectivity index (χ2v) is 8.42. The average Bonchev–Trinajstić information content (AvgIpc) is 2.76. The van der Waals surface area contributed by atoms with E-state index in [1.54, 1.807) is 6.92 Å². The largest absolute Gasteiger partial charge is 0.463 e. The Kier molecular flexibility index (Phi) is 10.7. The van der Waals surface area contributed by atoms with Gasteiger partial charge in [0.1, 0.15) is 0 Å². The second kappa shape index (κ2) is 13.2. The fourth-order valence-electron chi connectivity index (χ4n) is 3.93. The van der Waals surface area contributed by atoms with Crippen molar-refractivity contribution in [1.29, 1.82) is 0 Å². The molecule has 0 saturated carbocycles. The molecule has 2 N–H and O–H groups in total. The highest BCUT2D eigenvalue weighted by molar-refractivity contribution is 7.80. The minimum atomic E-state index is -0.391. The molecular weight excluding hydrogens is 422 g/mol. The molecule has 1 aromatic carbocycles. The van der Waals surface area contributed by atoms with E-state index in [1.165, 1.54) is 25.7 Å². The molecule has 0 bridgehead atoms. The number of thiocarbonyl (C=S) groups is 1. The van der Waals surface area contributed by atoms with E-state index in [4.69, 9.17) is 17.0 Å². The number of rotatable bonds is 12. The summed E-state index contributed by atoms with van der Waals surface area (Å²) in [7, 11) is 0. The van der Waals surface area contributed by atoms with Gasteiger partial charge in [-0.3, -0.25) is 4.79 Å². The van der Waals surface area contributed by atoms with Crippen molar-refractivity contribution < 1.29 is 14.3 Å². The Hall–Kier alpha value is -2.41. The summed E-state index contributed by atoms with van der Waals surface area (Å²) >= 11 is 5.51. The molecule has 176 valence electrons. The molecule has 1 heterocycles. The van der Waals surface area contributed by atoms with Crippen molar-refractivity contribution >= 4 is 34.9 Å². The number of ether oxygens (including phenoxy) is 1. The molecule has 1 unspecified atom stereocenters. The summed E-state index contributed by atoms with van der Waals surface area (Å²) in [5, 5.41) is 6.82. The Morgan fingerprint density at radius 1 is 1.06 bits per heavy atom. The molecule has 32 heavy (non-hydrogen) atoms. The molecule has 1 atom stereocenters. The van der Waals surface area contributed by atoms with Gasteiger partial charge in [-0.05, 0) is 57.1 Å². The van der Waals surface area contributed by atoms with Gasteiger partial charge in [-0.15, -0.1) is 0 Å². The fraction of sp³-hybridized carbons (Fsp3) is 0.560. The molecule has 0 radical (unpaired) electrons. The molecule has 1 amide bonds. The third-order valence-electron chi connectivity index (χ3n) is 5.69. The highest BCUT2D eigenvalue weighted by atomic mass is 32.1. The zero-order chi connectivity index (χ0) is 23.5. The van der Waals surface area contributed by atoms with E-state index in [0.717, 1.165) is 29.8 Å². The Balaban J connectivity index is 2.05. The summed E-state index contributed by atoms with van der Waals surface area (Å²) in [6.07, 6.45) is 7.48. The van der Waals surface area contributed by atoms with Gasteiger partial charge in [0.15, 0.2) is 5.11 Å². The van der Waals surface area contributed by atoms with Crippen LogP contribution in [0.25, 0.3) is 0 Å². The summed E-state index contributed by atoms with van der Waals surface area (Å²) in [5.74, 6) is -0.313. The summed E-state index contributed by atoms with van der Waals surface area (Å²) in [5.41, 5.74) is 2.99. The average molecular weight is 460 g/mol. The third-order valence-corrected chi connectivity index (χ3v) is 6.03. The van der Waals surface area contributed by atoms with Crippen LogP contribution in [0.1, 0.15) is 84.2 Å². The van der Waals surface area contributed by atoms with Gasteiger partial charge >= 0.3 is 5.97 Å². The minimum Gasteiger partial charge on any atom is -0.463 e. The van der Waals surface area contributed by atoms with Crippen molar-refractivity contribution in [2.75, 3.05) is 18.5 Å². The maximum absolute atomic E-state index is 12.7. The van der Waals surface area contributed by atoms with Gasteiger partial charge < -0.3 is 20.3 Å². The van der Waals surface area contributed by atoms with Crippen LogP contribution in [0.4, 0.5) is 5.69 Å². The SMILES string of the molecule is CCCCCCCCC(=O)Nc1ccc(C2NC(=S)N(CC)C(C)=C2C(=O)OCC)cc1. The number of esters is 1. The number of amides is 1. The minimum absolute atomic E-state index is 0.0340. The summed E-state index contributed by atoms with van der Waals surface area (Å²) in [6, 6.07) is 7.16. The molecule has 1 aliphatic rings. The summed E-state index contributed by atoms with van der Waals surface area (Å²) < 4.78 is 5.31. The van der Waals surface area contributed by atoms with Gasteiger partial charge in [0, 0.05) is 24.4 Å². The normalized spacial score (nSPS) is 16.1. The fourth-order valence-corrected chi connectivity index (χ4v) is 4.32. The van der Waals surface area contributed by atoms with Crippen molar-refractivity contribution in [3.8, 4) is 0 Å². The first-order chi connectivity index (χ1) is 15.4. The Bertz CT molecular complexity index is 820. The van der Waals surface area contributed by atoms with Crippen LogP contribution < -0.4 is 10.6 Å². The maximum atomic E-state index is 12.7. The highest BCUT2D eigenvalue weighted by Crippen LogP contribution is 2.32. The van der Waals surface area contributed by atoms with Gasteiger partial charge in [0.05, 0.1) is 18.2 Å². The quantitative estimate of drug-likeness (QED) is 0.246. The highest BCUT2D eigenvalue weighted by Gasteiger charge is 2.34. The Labute approximate surface area is 197 Å². The molecule has 2 rings (SSSR count). The molecule has 0 fully saturated rings. The number of anilines is 1. The van der Waals surface area contributed by atoms with Crippen LogP contribution in [-0.2, 0) is 14.3 Å². The lowest BCUT2D eigenvalue weighted by atomic mass is 9.95. The van der Waals surface area contributed by atoms with Crippen LogP contribution in [0.3, 0.4) is 0 Å². The van der Waals surface area contributed by atoms with E-state index in [-0.39, 0.29) is 11.9 Å². The van der Waals surface area contributed by atoms with Gasteiger partial charge in [-0.2, -0.15) is 0 Å². The van der Waals surface area contributed by atoms with E-state index in [9.17, 15) is 9.59 Å². The van der Waals surface area contributed by atoms with Crippen molar-refractivity contribution in [2.24, 2.45) is 0 Å². The summed E-state index contributed by atoms with van der Waals surface area (Å²) in [6.45, 7) is 8.85. The van der Waals surface area contributed by atoms with Gasteiger partial charge in [-0.1, -0.05) is 51.2 Å². The molecular formula is C25H37N3O3S. The summed E-state index contributed by atoms with van der Waals surface area (Å²) in [4.78, 5) is 26.8. The first kappa shape index (κ1) is 25.8. The second-order valence-electron chi connectivity index (χ2n) is 8.03. The number of benzene rings is 1. The van der Waals surface area contributed by atoms with Crippen LogP contribution >= 0.6 is 12.2 Å². The van der Waals surface area contributed by atoms with Crippen molar-refractivity contribution in [2.45, 2.75) is 78.7 Å². The number of unbranched alkanes of at least 4 members (excludes halogenated alkanes) is 5. The van der Waals surface area contributed by atoms with E-state index >= 15 is 0 Å². The lowest BCUT2D eigenvalue weighted by Gasteiger charge is -2.37. The van der Waals surface area contributed by atoms with E-state index < -0.39 is 6.04 Å². The van der Waals surface area contributed by atoms with Gasteiger partial charge in [0.25, 0.3) is 0 Å². The first-order valence-corrected chi connectivity index (χ1v) is 12.2. The lowest BCUT2D eigenvalue weighted by Crippen LogP contribution is -2.47. The predicted molar refractivity (Wildman–Crippen MR) is 133 cm³/mol. The smallest absolute Gasteiger partial charge is 0.338 e. The van der Waals surface area contributed by atoms with Gasteiger partial charge in [-0.25, -0.2) is 4.79 Å². The molecule has 6 nitrogen and oxygen atoms in total. The molecule has 1 aliphatic heterocycles. The van der Waals surface area contributed by atoms with E-state index in [0.29, 0.717) is 30.3 Å². The lowest BCUT2D eigenvalue weighted by molar-refractivity contribution is -0.139. The van der Waals surface area contributed by atoms with E-state index in [1.807, 2.05) is 43.0 Å². The van der Waals surface area contributed by atoms with Crippen LogP contribution in [0.15, 0.2) is 35.5 Å². The molecule has 1 aromatic rings. The molecule has 0 saturated heterocycles. The number of nitrogens with zero attached hydrogens (tertiary/aromatic N) is 1. The van der Waals surface area contributed by atoms with Crippen molar-refractivity contribution in [1.82, 2.24) is 10.2 Å². The third kappa shape index (κ3) is 7.05. The Morgan fingerprint density at radius 3 is 2.34 bits per heavy atom. The first-order valence-electron chi connectivity index (χ1n) is 11.8. The van der Waals surface area contributed by atoms with Crippen molar-refractivity contribution in [3.63, 3.8) is 0 Å². The molecule has 0 spiro atoms. The van der Waals surface area contributed by atoms with Crippen molar-refractivity contribution in [3.05, 3.63) is 41.1 Å². The van der Waals surface area contributed by atoms with Crippen LogP contribution in [-0.4, -0.2) is 35.0 Å². The van der Waals surface area contributed by atoms with Crippen LogP contribution in [0, 0.1) is 0 Å². The van der Waals surface area contributed by atoms with Crippen LogP contribution in [0.5, 0.6) is 0 Å². The molecule has 7 heteroatoms. The molecule has 0 aliphatic carbocycles. The van der Waals surface area contributed by atoms with E-state index in [2.05, 4.69) is 17.6 Å². The number of hydrogen-bond donors (Lipinski definition) is 2. The Morgan fingerprint density at radius 2 is 1.72 bits per heavy atom. The number of allylic oxidation sites excluding steroid dienone is 1. The zero-order valence-electron chi connectivity index (χ0n) is 19.8. The molecule has 0 aromatic heterocycles. The number of carbonyl (C=O) groups excluding carboxylic acids is 2. The predicted octanol–water partition coefficient (Wildman–Crippen LogP) is 5.46. The topological polar surface area (TPSA) is 70.7 Å². The monoisotopic (exact) mass is 459 g/mol.